The normalized spacial score (nSPS) is 11.1. The summed E-state index contributed by atoms with van der Waals surface area (Å²) in [5.74, 6) is -0.354. The molecule has 3 rings (SSSR count). The monoisotopic (exact) mass is 384 g/mol. The molecule has 8 heteroatoms. The number of aromatic amines is 1. The minimum Gasteiger partial charge on any atom is -0.354 e. The van der Waals surface area contributed by atoms with Gasteiger partial charge < -0.3 is 4.98 Å². The third-order valence-corrected chi connectivity index (χ3v) is 5.11. The van der Waals surface area contributed by atoms with Crippen molar-refractivity contribution in [1.82, 2.24) is 4.98 Å². The topological polar surface area (TPSA) is 90.8 Å². The molecular weight excluding hydrogens is 374 g/mol. The lowest BCUT2D eigenvalue weighted by molar-refractivity contribution is 0.585. The van der Waals surface area contributed by atoms with E-state index in [9.17, 15) is 22.0 Å². The Bertz CT molecular complexity index is 1360. The number of fused-ring (bicyclic) bond motifs is 1. The van der Waals surface area contributed by atoms with Gasteiger partial charge in [-0.25, -0.2) is 17.2 Å². The maximum Gasteiger partial charge on any atom is 0.193 e. The van der Waals surface area contributed by atoms with Gasteiger partial charge in [0.05, 0.1) is 38.7 Å². The van der Waals surface area contributed by atoms with Gasteiger partial charge in [-0.05, 0) is 24.3 Å². The molecule has 0 aliphatic rings. The Morgan fingerprint density at radius 1 is 1.19 bits per heavy atom. The molecule has 0 saturated carbocycles. The lowest BCUT2D eigenvalue weighted by atomic mass is 10.0. The smallest absolute Gasteiger partial charge is 0.193 e. The van der Waals surface area contributed by atoms with Crippen LogP contribution in [-0.2, 0) is 9.84 Å². The van der Waals surface area contributed by atoms with Crippen molar-refractivity contribution in [2.75, 3.05) is 6.26 Å². The summed E-state index contributed by atoms with van der Waals surface area (Å²) in [5.41, 5.74) is -1.47. The van der Waals surface area contributed by atoms with Crippen LogP contribution in [0.25, 0.3) is 22.2 Å². The highest BCUT2D eigenvalue weighted by atomic mass is 32.2. The standard InChI is InChI=1S/C19H10F2N2O3S/c1-3-11-13(20)7-15-18(19(11)21)16(24)8-14(23-15)12-6-10(9-22)4-5-17(12)27(2,25)26/h1,4-8H,2H3,(H,23,24). The van der Waals surface area contributed by atoms with Gasteiger partial charge in [0.1, 0.15) is 5.82 Å². The highest BCUT2D eigenvalue weighted by Crippen LogP contribution is 2.29. The van der Waals surface area contributed by atoms with Crippen LogP contribution < -0.4 is 5.43 Å². The molecule has 0 atom stereocenters. The third kappa shape index (κ3) is 3.07. The first-order valence-electron chi connectivity index (χ1n) is 7.43. The molecule has 3 aromatic rings. The summed E-state index contributed by atoms with van der Waals surface area (Å²) in [4.78, 5) is 14.9. The Labute approximate surface area is 152 Å². The number of halogens is 2. The van der Waals surface area contributed by atoms with Crippen molar-refractivity contribution in [3.05, 3.63) is 63.3 Å². The van der Waals surface area contributed by atoms with Gasteiger partial charge in [0.2, 0.25) is 0 Å². The van der Waals surface area contributed by atoms with E-state index in [4.69, 9.17) is 11.7 Å². The van der Waals surface area contributed by atoms with Crippen LogP contribution in [0, 0.1) is 35.3 Å². The van der Waals surface area contributed by atoms with E-state index < -0.39 is 37.9 Å². The molecule has 134 valence electrons. The summed E-state index contributed by atoms with van der Waals surface area (Å²) < 4.78 is 52.5. The molecule has 0 bridgehead atoms. The largest absolute Gasteiger partial charge is 0.354 e. The maximum atomic E-state index is 14.4. The Morgan fingerprint density at radius 3 is 2.48 bits per heavy atom. The van der Waals surface area contributed by atoms with Crippen molar-refractivity contribution in [2.45, 2.75) is 4.90 Å². The summed E-state index contributed by atoms with van der Waals surface area (Å²) in [6.45, 7) is 0. The number of H-pyrrole nitrogens is 1. The van der Waals surface area contributed by atoms with E-state index in [1.165, 1.54) is 18.2 Å². The third-order valence-electron chi connectivity index (χ3n) is 3.95. The minimum atomic E-state index is -3.71. The summed E-state index contributed by atoms with van der Waals surface area (Å²) >= 11 is 0. The number of hydrogen-bond acceptors (Lipinski definition) is 4. The summed E-state index contributed by atoms with van der Waals surface area (Å²) in [7, 11) is -3.71. The number of terminal acetylenes is 1. The van der Waals surface area contributed by atoms with Gasteiger partial charge >= 0.3 is 0 Å². The molecule has 2 aromatic carbocycles. The van der Waals surface area contributed by atoms with E-state index in [1.54, 1.807) is 0 Å². The fourth-order valence-corrected chi connectivity index (χ4v) is 3.64. The van der Waals surface area contributed by atoms with E-state index in [0.717, 1.165) is 18.4 Å². The second-order valence-corrected chi connectivity index (χ2v) is 7.74. The SMILES string of the molecule is C#Cc1c(F)cc2[nH]c(-c3cc(C#N)ccc3S(C)(=O)=O)cc(=O)c2c1F. The zero-order chi connectivity index (χ0) is 19.9. The first-order chi connectivity index (χ1) is 12.7. The van der Waals surface area contributed by atoms with Gasteiger partial charge in [-0.15, -0.1) is 6.42 Å². The lowest BCUT2D eigenvalue weighted by Crippen LogP contribution is -2.09. The number of rotatable bonds is 2. The van der Waals surface area contributed by atoms with E-state index >= 15 is 0 Å². The van der Waals surface area contributed by atoms with Gasteiger partial charge in [0.15, 0.2) is 21.1 Å². The van der Waals surface area contributed by atoms with Crippen LogP contribution in [0.15, 0.2) is 40.0 Å². The average molecular weight is 384 g/mol. The number of aromatic nitrogens is 1. The van der Waals surface area contributed by atoms with Crippen molar-refractivity contribution in [1.29, 1.82) is 5.26 Å². The van der Waals surface area contributed by atoms with Crippen LogP contribution in [0.1, 0.15) is 11.1 Å². The average Bonchev–Trinajstić information content (AvgIpc) is 2.60. The summed E-state index contributed by atoms with van der Waals surface area (Å²) in [6, 6.07) is 7.54. The van der Waals surface area contributed by atoms with Crippen LogP contribution in [0.3, 0.4) is 0 Å². The van der Waals surface area contributed by atoms with Gasteiger partial charge in [-0.3, -0.25) is 4.79 Å². The Hall–Kier alpha value is -3.49. The predicted molar refractivity (Wildman–Crippen MR) is 95.7 cm³/mol. The molecule has 1 aromatic heterocycles. The minimum absolute atomic E-state index is 0.00252. The van der Waals surface area contributed by atoms with Crippen LogP contribution in [-0.4, -0.2) is 19.7 Å². The lowest BCUT2D eigenvalue weighted by Gasteiger charge is -2.11. The van der Waals surface area contributed by atoms with E-state index in [0.29, 0.717) is 0 Å². The van der Waals surface area contributed by atoms with Crippen molar-refractivity contribution in [3.8, 4) is 29.7 Å². The second-order valence-electron chi connectivity index (χ2n) is 5.76. The molecule has 0 aliphatic heterocycles. The number of sulfone groups is 1. The number of benzene rings is 2. The number of pyridine rings is 1. The molecule has 0 spiro atoms. The number of nitrogens with zero attached hydrogens (tertiary/aromatic N) is 1. The molecule has 0 amide bonds. The molecule has 0 unspecified atom stereocenters. The van der Waals surface area contributed by atoms with Crippen LogP contribution >= 0.6 is 0 Å². The van der Waals surface area contributed by atoms with Gasteiger partial charge in [-0.1, -0.05) is 5.92 Å². The van der Waals surface area contributed by atoms with Crippen LogP contribution in [0.2, 0.25) is 0 Å². The molecule has 27 heavy (non-hydrogen) atoms. The molecule has 0 aliphatic carbocycles. The molecular formula is C19H10F2N2O3S. The second kappa shape index (κ2) is 6.35. The summed E-state index contributed by atoms with van der Waals surface area (Å²) in [5, 5.41) is 8.63. The molecule has 0 saturated heterocycles. The molecule has 0 radical (unpaired) electrons. The number of hydrogen-bond donors (Lipinski definition) is 1. The zero-order valence-electron chi connectivity index (χ0n) is 13.8. The summed E-state index contributed by atoms with van der Waals surface area (Å²) in [6.07, 6.45) is 6.04. The van der Waals surface area contributed by atoms with E-state index in [1.807, 2.05) is 12.0 Å². The molecule has 1 heterocycles. The molecule has 1 N–H and O–H groups in total. The van der Waals surface area contributed by atoms with E-state index in [2.05, 4.69) is 4.98 Å². The fourth-order valence-electron chi connectivity index (χ4n) is 2.75. The zero-order valence-corrected chi connectivity index (χ0v) is 14.6. The fraction of sp³-hybridized carbons (Fsp3) is 0.0526. The van der Waals surface area contributed by atoms with E-state index in [-0.39, 0.29) is 27.2 Å². The van der Waals surface area contributed by atoms with Crippen LogP contribution in [0.4, 0.5) is 8.78 Å². The van der Waals surface area contributed by atoms with Crippen molar-refractivity contribution in [2.24, 2.45) is 0 Å². The van der Waals surface area contributed by atoms with Crippen molar-refractivity contribution >= 4 is 20.7 Å². The van der Waals surface area contributed by atoms with Crippen molar-refractivity contribution in [3.63, 3.8) is 0 Å². The first kappa shape index (κ1) is 18.3. The quantitative estimate of drug-likeness (QED) is 0.688. The van der Waals surface area contributed by atoms with Gasteiger partial charge in [0.25, 0.3) is 0 Å². The van der Waals surface area contributed by atoms with Crippen molar-refractivity contribution < 1.29 is 17.2 Å². The Balaban J connectivity index is 2.43. The highest BCUT2D eigenvalue weighted by Gasteiger charge is 2.20. The first-order valence-corrected chi connectivity index (χ1v) is 9.32. The van der Waals surface area contributed by atoms with Gasteiger partial charge in [0, 0.05) is 17.9 Å². The Kier molecular flexibility index (Phi) is 4.30. The van der Waals surface area contributed by atoms with Crippen LogP contribution in [0.5, 0.6) is 0 Å². The number of nitrogens with one attached hydrogen (secondary N) is 1. The maximum absolute atomic E-state index is 14.4. The molecule has 5 nitrogen and oxygen atoms in total. The highest BCUT2D eigenvalue weighted by molar-refractivity contribution is 7.90. The Morgan fingerprint density at radius 2 is 1.89 bits per heavy atom. The van der Waals surface area contributed by atoms with Gasteiger partial charge in [-0.2, -0.15) is 5.26 Å². The number of nitriles is 1. The predicted octanol–water partition coefficient (Wildman–Crippen LogP) is 2.73. The molecule has 0 fully saturated rings.